The van der Waals surface area contributed by atoms with Crippen LogP contribution in [0.1, 0.15) is 34.6 Å². The molecule has 0 saturated heterocycles. The number of nitrogens with one attached hydrogen (secondary N) is 1. The number of hydrogen-bond acceptors (Lipinski definition) is 4. The quantitative estimate of drug-likeness (QED) is 0.812. The van der Waals surface area contributed by atoms with Crippen LogP contribution in [0.5, 0.6) is 5.75 Å². The summed E-state index contributed by atoms with van der Waals surface area (Å²) >= 11 is 1.30. The molecule has 0 bridgehead atoms. The van der Waals surface area contributed by atoms with Gasteiger partial charge in [-0.15, -0.1) is 11.3 Å². The van der Waals surface area contributed by atoms with Crippen LogP contribution in [-0.2, 0) is 17.6 Å². The van der Waals surface area contributed by atoms with Gasteiger partial charge < -0.3 is 15.2 Å². The van der Waals surface area contributed by atoms with Gasteiger partial charge in [0.2, 0.25) is 5.91 Å². The average molecular weight is 333 g/mol. The summed E-state index contributed by atoms with van der Waals surface area (Å²) in [6, 6.07) is 8.90. The van der Waals surface area contributed by atoms with Gasteiger partial charge >= 0.3 is 5.97 Å². The normalized spacial score (nSPS) is 10.3. The number of aryl methyl sites for hydroxylation is 1. The molecule has 1 amide bonds. The molecule has 1 aromatic carbocycles. The van der Waals surface area contributed by atoms with E-state index in [4.69, 9.17) is 4.74 Å². The predicted molar refractivity (Wildman–Crippen MR) is 90.6 cm³/mol. The smallest absolute Gasteiger partial charge is 0.338 e. The number of carbonyl (C=O) groups is 2. The van der Waals surface area contributed by atoms with E-state index in [-0.39, 0.29) is 17.9 Å². The van der Waals surface area contributed by atoms with Crippen molar-refractivity contribution in [3.05, 3.63) is 46.3 Å². The van der Waals surface area contributed by atoms with E-state index < -0.39 is 5.97 Å². The highest BCUT2D eigenvalue weighted by Gasteiger charge is 2.16. The lowest BCUT2D eigenvalue weighted by Crippen LogP contribution is -2.15. The third-order valence-corrected chi connectivity index (χ3v) is 4.41. The number of benzene rings is 1. The Kier molecular flexibility index (Phi) is 5.76. The molecule has 0 unspecified atom stereocenters. The number of carbonyl (C=O) groups excluding carboxylic acids is 1. The van der Waals surface area contributed by atoms with E-state index in [9.17, 15) is 14.7 Å². The minimum Gasteiger partial charge on any atom is -0.494 e. The Bertz CT molecular complexity index is 691. The number of thiophene rings is 1. The highest BCUT2D eigenvalue weighted by Crippen LogP contribution is 2.28. The lowest BCUT2D eigenvalue weighted by molar-refractivity contribution is -0.115. The Morgan fingerprint density at radius 3 is 2.48 bits per heavy atom. The molecule has 2 rings (SSSR count). The summed E-state index contributed by atoms with van der Waals surface area (Å²) in [5, 5.41) is 12.3. The molecule has 0 aliphatic heterocycles. The summed E-state index contributed by atoms with van der Waals surface area (Å²) in [5.74, 6) is -0.505. The minimum atomic E-state index is -1.03. The van der Waals surface area contributed by atoms with Crippen LogP contribution in [0, 0.1) is 0 Å². The van der Waals surface area contributed by atoms with E-state index >= 15 is 0 Å². The molecule has 1 heterocycles. The number of rotatable bonds is 7. The van der Waals surface area contributed by atoms with E-state index in [0.717, 1.165) is 22.6 Å². The second-order valence-electron chi connectivity index (χ2n) is 4.92. The Labute approximate surface area is 138 Å². The van der Waals surface area contributed by atoms with Crippen molar-refractivity contribution in [2.75, 3.05) is 11.9 Å². The molecule has 0 saturated carbocycles. The van der Waals surface area contributed by atoms with Gasteiger partial charge in [0.05, 0.1) is 18.6 Å². The van der Waals surface area contributed by atoms with E-state index in [1.807, 2.05) is 38.1 Å². The molecule has 0 aliphatic rings. The predicted octanol–water partition coefficient (Wildman–Crippen LogP) is 3.59. The van der Waals surface area contributed by atoms with Crippen LogP contribution in [0.2, 0.25) is 0 Å². The van der Waals surface area contributed by atoms with Crippen molar-refractivity contribution in [2.24, 2.45) is 0 Å². The van der Waals surface area contributed by atoms with Gasteiger partial charge in [-0.1, -0.05) is 19.1 Å². The van der Waals surface area contributed by atoms with Gasteiger partial charge in [0.15, 0.2) is 0 Å². The summed E-state index contributed by atoms with van der Waals surface area (Å²) in [6.45, 7) is 4.45. The molecule has 0 aliphatic carbocycles. The van der Waals surface area contributed by atoms with E-state index in [1.54, 1.807) is 6.07 Å². The van der Waals surface area contributed by atoms with Crippen LogP contribution in [0.3, 0.4) is 0 Å². The van der Waals surface area contributed by atoms with Crippen LogP contribution >= 0.6 is 11.3 Å². The minimum absolute atomic E-state index is 0.145. The van der Waals surface area contributed by atoms with Gasteiger partial charge in [-0.3, -0.25) is 4.79 Å². The van der Waals surface area contributed by atoms with Gasteiger partial charge in [0, 0.05) is 4.88 Å². The van der Waals surface area contributed by atoms with Crippen molar-refractivity contribution in [3.8, 4) is 5.75 Å². The fourth-order valence-electron chi connectivity index (χ4n) is 2.09. The summed E-state index contributed by atoms with van der Waals surface area (Å²) in [5.41, 5.74) is 0.988. The monoisotopic (exact) mass is 333 g/mol. The van der Waals surface area contributed by atoms with Crippen molar-refractivity contribution in [3.63, 3.8) is 0 Å². The number of carboxylic acids is 1. The van der Waals surface area contributed by atoms with E-state index in [2.05, 4.69) is 5.32 Å². The fourth-order valence-corrected chi connectivity index (χ4v) is 3.10. The zero-order valence-electron chi connectivity index (χ0n) is 13.1. The van der Waals surface area contributed by atoms with Crippen molar-refractivity contribution < 1.29 is 19.4 Å². The number of anilines is 1. The average Bonchev–Trinajstić information content (AvgIpc) is 2.92. The number of carboxylic acid groups (broad SMARTS) is 1. The maximum atomic E-state index is 12.1. The topological polar surface area (TPSA) is 75.6 Å². The molecule has 0 atom stereocenters. The SMILES string of the molecule is CCOc1ccc(CC(=O)Nc2sc(CC)cc2C(=O)O)cc1. The highest BCUT2D eigenvalue weighted by molar-refractivity contribution is 7.16. The standard InChI is InChI=1S/C17H19NO4S/c1-3-13-10-14(17(20)21)16(23-13)18-15(19)9-11-5-7-12(8-6-11)22-4-2/h5-8,10H,3-4,9H2,1-2H3,(H,18,19)(H,20,21). The molecular formula is C17H19NO4S. The zero-order valence-corrected chi connectivity index (χ0v) is 13.9. The number of ether oxygens (including phenoxy) is 1. The van der Waals surface area contributed by atoms with Crippen LogP contribution in [0.25, 0.3) is 0 Å². The second-order valence-corrected chi connectivity index (χ2v) is 6.05. The first-order valence-electron chi connectivity index (χ1n) is 7.41. The van der Waals surface area contributed by atoms with Crippen molar-refractivity contribution in [2.45, 2.75) is 26.7 Å². The molecule has 5 nitrogen and oxygen atoms in total. The second kappa shape index (κ2) is 7.78. The van der Waals surface area contributed by atoms with Gasteiger partial charge in [-0.2, -0.15) is 0 Å². The number of aromatic carboxylic acids is 1. The van der Waals surface area contributed by atoms with E-state index in [1.165, 1.54) is 11.3 Å². The van der Waals surface area contributed by atoms with Gasteiger partial charge in [-0.05, 0) is 37.1 Å². The molecule has 23 heavy (non-hydrogen) atoms. The van der Waals surface area contributed by atoms with Crippen LogP contribution in [-0.4, -0.2) is 23.6 Å². The lowest BCUT2D eigenvalue weighted by atomic mass is 10.1. The van der Waals surface area contributed by atoms with Crippen molar-refractivity contribution >= 4 is 28.2 Å². The molecular weight excluding hydrogens is 314 g/mol. The van der Waals surface area contributed by atoms with Gasteiger partial charge in [0.1, 0.15) is 10.8 Å². The third-order valence-electron chi connectivity index (χ3n) is 3.21. The first-order valence-corrected chi connectivity index (χ1v) is 8.22. The number of hydrogen-bond donors (Lipinski definition) is 2. The molecule has 0 fully saturated rings. The number of amides is 1. The molecule has 2 N–H and O–H groups in total. The third kappa shape index (κ3) is 4.56. The molecule has 122 valence electrons. The first-order chi connectivity index (χ1) is 11.0. The lowest BCUT2D eigenvalue weighted by Gasteiger charge is -2.06. The Hall–Kier alpha value is -2.34. The zero-order chi connectivity index (χ0) is 16.8. The molecule has 2 aromatic rings. The molecule has 1 aromatic heterocycles. The Balaban J connectivity index is 2.04. The molecule has 0 spiro atoms. The summed E-state index contributed by atoms with van der Waals surface area (Å²) in [7, 11) is 0. The first kappa shape index (κ1) is 17.0. The largest absolute Gasteiger partial charge is 0.494 e. The van der Waals surface area contributed by atoms with Gasteiger partial charge in [0.25, 0.3) is 0 Å². The van der Waals surface area contributed by atoms with Crippen LogP contribution in [0.4, 0.5) is 5.00 Å². The summed E-state index contributed by atoms with van der Waals surface area (Å²) < 4.78 is 5.35. The maximum Gasteiger partial charge on any atom is 0.338 e. The van der Waals surface area contributed by atoms with Crippen molar-refractivity contribution in [1.29, 1.82) is 0 Å². The summed E-state index contributed by atoms with van der Waals surface area (Å²) in [4.78, 5) is 24.3. The summed E-state index contributed by atoms with van der Waals surface area (Å²) in [6.07, 6.45) is 0.921. The molecule has 0 radical (unpaired) electrons. The Morgan fingerprint density at radius 1 is 1.22 bits per heavy atom. The Morgan fingerprint density at radius 2 is 1.91 bits per heavy atom. The maximum absolute atomic E-state index is 12.1. The highest BCUT2D eigenvalue weighted by atomic mass is 32.1. The van der Waals surface area contributed by atoms with Gasteiger partial charge in [-0.25, -0.2) is 4.79 Å². The van der Waals surface area contributed by atoms with E-state index in [0.29, 0.717) is 11.6 Å². The van der Waals surface area contributed by atoms with Crippen molar-refractivity contribution in [1.82, 2.24) is 0 Å². The molecule has 6 heteroatoms. The van der Waals surface area contributed by atoms with Crippen LogP contribution < -0.4 is 10.1 Å². The van der Waals surface area contributed by atoms with Crippen LogP contribution in [0.15, 0.2) is 30.3 Å². The fraction of sp³-hybridized carbons (Fsp3) is 0.294.